The molecular formula is C22H23N2O2+. The molecule has 3 rings (SSSR count). The second-order valence-corrected chi connectivity index (χ2v) is 6.16. The van der Waals surface area contributed by atoms with E-state index >= 15 is 0 Å². The third-order valence-corrected chi connectivity index (χ3v) is 4.49. The van der Waals surface area contributed by atoms with Crippen LogP contribution in [0.1, 0.15) is 23.6 Å². The zero-order chi connectivity index (χ0) is 18.4. The number of amides is 1. The minimum Gasteiger partial charge on any atom is -0.372 e. The first-order valence-electron chi connectivity index (χ1n) is 8.74. The van der Waals surface area contributed by atoms with Crippen molar-refractivity contribution in [3.05, 3.63) is 102 Å². The number of pyridine rings is 1. The van der Waals surface area contributed by atoms with Crippen molar-refractivity contribution >= 4 is 5.91 Å². The van der Waals surface area contributed by atoms with Gasteiger partial charge in [0.05, 0.1) is 0 Å². The van der Waals surface area contributed by atoms with Crippen molar-refractivity contribution in [2.24, 2.45) is 0 Å². The number of nitrogens with one attached hydrogen (secondary N) is 1. The predicted octanol–water partition coefficient (Wildman–Crippen LogP) is 2.55. The molecule has 0 radical (unpaired) electrons. The standard InChI is InChI=1S/C22H22N2O2/c1-2-24-15-13-18(14-16-24)17-23-21(25)22(26,19-9-5-3-6-10-19)20-11-7-4-8-12-20/h3-16,26H,2,17H2,1H3/p+1. The molecule has 3 aromatic rings. The first kappa shape index (κ1) is 17.8. The van der Waals surface area contributed by atoms with Gasteiger partial charge in [0.15, 0.2) is 18.0 Å². The zero-order valence-electron chi connectivity index (χ0n) is 14.8. The van der Waals surface area contributed by atoms with Crippen LogP contribution in [0.25, 0.3) is 0 Å². The fourth-order valence-electron chi connectivity index (χ4n) is 2.91. The normalized spacial score (nSPS) is 11.2. The van der Waals surface area contributed by atoms with Crippen LogP contribution in [-0.4, -0.2) is 11.0 Å². The lowest BCUT2D eigenvalue weighted by Gasteiger charge is -2.28. The largest absolute Gasteiger partial charge is 0.372 e. The molecular weight excluding hydrogens is 324 g/mol. The Bertz CT molecular complexity index is 807. The van der Waals surface area contributed by atoms with Crippen molar-refractivity contribution < 1.29 is 14.5 Å². The molecule has 0 unspecified atom stereocenters. The topological polar surface area (TPSA) is 53.2 Å². The van der Waals surface area contributed by atoms with E-state index in [0.29, 0.717) is 17.7 Å². The molecule has 0 spiro atoms. The fourth-order valence-corrected chi connectivity index (χ4v) is 2.91. The smallest absolute Gasteiger partial charge is 0.261 e. The Morgan fingerprint density at radius 1 is 0.923 bits per heavy atom. The van der Waals surface area contributed by atoms with Crippen LogP contribution < -0.4 is 9.88 Å². The summed E-state index contributed by atoms with van der Waals surface area (Å²) in [5.41, 5.74) is 0.327. The first-order chi connectivity index (χ1) is 12.6. The van der Waals surface area contributed by atoms with E-state index in [1.807, 2.05) is 60.9 Å². The summed E-state index contributed by atoms with van der Waals surface area (Å²) in [5, 5.41) is 14.2. The monoisotopic (exact) mass is 347 g/mol. The zero-order valence-corrected chi connectivity index (χ0v) is 14.8. The minimum atomic E-state index is -1.74. The van der Waals surface area contributed by atoms with Crippen molar-refractivity contribution in [2.75, 3.05) is 0 Å². The number of hydrogen-bond acceptors (Lipinski definition) is 2. The van der Waals surface area contributed by atoms with E-state index in [1.54, 1.807) is 24.3 Å². The number of aromatic nitrogens is 1. The summed E-state index contributed by atoms with van der Waals surface area (Å²) in [7, 11) is 0. The molecule has 2 N–H and O–H groups in total. The third-order valence-electron chi connectivity index (χ3n) is 4.49. The summed E-state index contributed by atoms with van der Waals surface area (Å²) in [6.07, 6.45) is 3.95. The number of aryl methyl sites for hydroxylation is 1. The second kappa shape index (κ2) is 7.93. The van der Waals surface area contributed by atoms with Gasteiger partial charge in [-0.25, -0.2) is 4.57 Å². The molecule has 0 aliphatic rings. The van der Waals surface area contributed by atoms with E-state index in [0.717, 1.165) is 12.1 Å². The van der Waals surface area contributed by atoms with Crippen LogP contribution in [0.5, 0.6) is 0 Å². The Labute approximate surface area is 153 Å². The molecule has 0 fully saturated rings. The predicted molar refractivity (Wildman–Crippen MR) is 100 cm³/mol. The van der Waals surface area contributed by atoms with Gasteiger partial charge < -0.3 is 10.4 Å². The Morgan fingerprint density at radius 3 is 1.88 bits per heavy atom. The number of rotatable bonds is 6. The second-order valence-electron chi connectivity index (χ2n) is 6.16. The van der Waals surface area contributed by atoms with Gasteiger partial charge in [0, 0.05) is 18.7 Å². The van der Waals surface area contributed by atoms with Gasteiger partial charge in [0.25, 0.3) is 5.91 Å². The Kier molecular flexibility index (Phi) is 5.44. The molecule has 0 aliphatic heterocycles. The molecule has 4 nitrogen and oxygen atoms in total. The highest BCUT2D eigenvalue weighted by atomic mass is 16.3. The molecule has 0 saturated heterocycles. The van der Waals surface area contributed by atoms with Gasteiger partial charge in [-0.05, 0) is 23.6 Å². The summed E-state index contributed by atoms with van der Waals surface area (Å²) >= 11 is 0. The van der Waals surface area contributed by atoms with Crippen molar-refractivity contribution in [1.82, 2.24) is 5.32 Å². The highest BCUT2D eigenvalue weighted by molar-refractivity contribution is 5.90. The molecule has 26 heavy (non-hydrogen) atoms. The maximum Gasteiger partial charge on any atom is 0.261 e. The van der Waals surface area contributed by atoms with Crippen LogP contribution in [-0.2, 0) is 23.5 Å². The molecule has 0 bridgehead atoms. The van der Waals surface area contributed by atoms with Crippen LogP contribution >= 0.6 is 0 Å². The van der Waals surface area contributed by atoms with E-state index in [4.69, 9.17) is 0 Å². The van der Waals surface area contributed by atoms with Crippen LogP contribution in [0.4, 0.5) is 0 Å². The molecule has 1 heterocycles. The van der Waals surface area contributed by atoms with Crippen molar-refractivity contribution in [3.8, 4) is 0 Å². The summed E-state index contributed by atoms with van der Waals surface area (Å²) in [5.74, 6) is -0.442. The van der Waals surface area contributed by atoms with E-state index < -0.39 is 11.5 Å². The average Bonchev–Trinajstić information content (AvgIpc) is 2.73. The van der Waals surface area contributed by atoms with Gasteiger partial charge in [-0.1, -0.05) is 60.7 Å². The van der Waals surface area contributed by atoms with Gasteiger partial charge in [0.1, 0.15) is 6.54 Å². The van der Waals surface area contributed by atoms with Crippen LogP contribution in [0.15, 0.2) is 85.2 Å². The number of aliphatic hydroxyl groups is 1. The number of benzene rings is 2. The van der Waals surface area contributed by atoms with Gasteiger partial charge in [-0.15, -0.1) is 0 Å². The van der Waals surface area contributed by atoms with E-state index in [1.165, 1.54) is 0 Å². The summed E-state index contributed by atoms with van der Waals surface area (Å²) < 4.78 is 2.05. The Morgan fingerprint density at radius 2 is 1.42 bits per heavy atom. The van der Waals surface area contributed by atoms with Crippen LogP contribution in [0.2, 0.25) is 0 Å². The molecule has 132 valence electrons. The third kappa shape index (κ3) is 3.65. The fraction of sp³-hybridized carbons (Fsp3) is 0.182. The van der Waals surface area contributed by atoms with E-state index in [2.05, 4.69) is 16.8 Å². The van der Waals surface area contributed by atoms with Gasteiger partial charge >= 0.3 is 0 Å². The van der Waals surface area contributed by atoms with Crippen LogP contribution in [0.3, 0.4) is 0 Å². The van der Waals surface area contributed by atoms with Gasteiger partial charge in [-0.3, -0.25) is 4.79 Å². The van der Waals surface area contributed by atoms with Gasteiger partial charge in [-0.2, -0.15) is 0 Å². The number of hydrogen-bond donors (Lipinski definition) is 2. The lowest BCUT2D eigenvalue weighted by atomic mass is 9.85. The highest BCUT2D eigenvalue weighted by Crippen LogP contribution is 2.29. The van der Waals surface area contributed by atoms with Crippen molar-refractivity contribution in [2.45, 2.75) is 25.6 Å². The lowest BCUT2D eigenvalue weighted by Crippen LogP contribution is -2.45. The summed E-state index contributed by atoms with van der Waals surface area (Å²) in [4.78, 5) is 13.0. The van der Waals surface area contributed by atoms with Gasteiger partial charge in [0.2, 0.25) is 0 Å². The number of carbonyl (C=O) groups is 1. The molecule has 2 aromatic carbocycles. The molecule has 0 aliphatic carbocycles. The molecule has 1 amide bonds. The molecule has 4 heteroatoms. The maximum absolute atomic E-state index is 13.0. The molecule has 0 atom stereocenters. The SMILES string of the molecule is CC[n+]1ccc(CNC(=O)C(O)(c2ccccc2)c2ccccc2)cc1. The van der Waals surface area contributed by atoms with E-state index in [-0.39, 0.29) is 0 Å². The quantitative estimate of drug-likeness (QED) is 0.674. The number of carbonyl (C=O) groups excluding carboxylic acids is 1. The average molecular weight is 347 g/mol. The number of nitrogens with zero attached hydrogens (tertiary/aromatic N) is 1. The lowest BCUT2D eigenvalue weighted by molar-refractivity contribution is -0.693. The van der Waals surface area contributed by atoms with E-state index in [9.17, 15) is 9.90 Å². The summed E-state index contributed by atoms with van der Waals surface area (Å²) in [6.45, 7) is 3.32. The highest BCUT2D eigenvalue weighted by Gasteiger charge is 2.39. The Hall–Kier alpha value is -2.98. The Balaban J connectivity index is 1.86. The molecule has 1 aromatic heterocycles. The minimum absolute atomic E-state index is 0.353. The summed E-state index contributed by atoms with van der Waals surface area (Å²) in [6, 6.07) is 22.0. The molecule has 0 saturated carbocycles. The van der Waals surface area contributed by atoms with Crippen molar-refractivity contribution in [1.29, 1.82) is 0 Å². The van der Waals surface area contributed by atoms with Crippen molar-refractivity contribution in [3.63, 3.8) is 0 Å². The maximum atomic E-state index is 13.0. The first-order valence-corrected chi connectivity index (χ1v) is 8.74. The van der Waals surface area contributed by atoms with Crippen LogP contribution in [0, 0.1) is 0 Å².